The van der Waals surface area contributed by atoms with Gasteiger partial charge in [0.05, 0.1) is 11.5 Å². The summed E-state index contributed by atoms with van der Waals surface area (Å²) in [7, 11) is -3.56. The van der Waals surface area contributed by atoms with Crippen LogP contribution in [0.2, 0.25) is 0 Å². The molecule has 0 bridgehead atoms. The van der Waals surface area contributed by atoms with E-state index in [0.29, 0.717) is 12.4 Å². The van der Waals surface area contributed by atoms with Crippen LogP contribution in [-0.2, 0) is 10.0 Å². The summed E-state index contributed by atoms with van der Waals surface area (Å²) in [6.07, 6.45) is 0.901. The smallest absolute Gasteiger partial charge is 0.240 e. The Morgan fingerprint density at radius 2 is 1.85 bits per heavy atom. The average Bonchev–Trinajstić information content (AvgIpc) is 2.44. The van der Waals surface area contributed by atoms with E-state index in [1.165, 1.54) is 12.1 Å². The van der Waals surface area contributed by atoms with E-state index in [1.54, 1.807) is 26.0 Å². The molecular formula is C14H23NO4S. The molecule has 0 spiro atoms. The van der Waals surface area contributed by atoms with Crippen LogP contribution in [-0.4, -0.2) is 33.3 Å². The molecule has 0 aliphatic rings. The third-order valence-corrected chi connectivity index (χ3v) is 4.19. The second-order valence-electron chi connectivity index (χ2n) is 5.47. The molecule has 2 N–H and O–H groups in total. The number of sulfonamides is 1. The molecule has 0 aliphatic carbocycles. The van der Waals surface area contributed by atoms with Crippen LogP contribution in [0.15, 0.2) is 29.2 Å². The Kier molecular flexibility index (Phi) is 5.98. The molecule has 0 aliphatic heterocycles. The molecule has 5 nitrogen and oxygen atoms in total. The van der Waals surface area contributed by atoms with E-state index in [-0.39, 0.29) is 18.0 Å². The highest BCUT2D eigenvalue weighted by Crippen LogP contribution is 2.18. The fourth-order valence-corrected chi connectivity index (χ4v) is 2.61. The number of hydrogen-bond donors (Lipinski definition) is 2. The first-order valence-corrected chi connectivity index (χ1v) is 8.12. The Bertz CT molecular complexity index is 508. The summed E-state index contributed by atoms with van der Waals surface area (Å²) in [5.41, 5.74) is -0.489. The first-order valence-electron chi connectivity index (χ1n) is 6.64. The second-order valence-corrected chi connectivity index (χ2v) is 7.23. The van der Waals surface area contributed by atoms with Gasteiger partial charge in [-0.2, -0.15) is 0 Å². The molecule has 0 amide bonds. The van der Waals surface area contributed by atoms with Crippen molar-refractivity contribution in [3.8, 4) is 5.75 Å². The van der Waals surface area contributed by atoms with Crippen molar-refractivity contribution in [2.75, 3.05) is 19.8 Å². The lowest BCUT2D eigenvalue weighted by Crippen LogP contribution is -2.36. The molecular weight excluding hydrogens is 278 g/mol. The summed E-state index contributed by atoms with van der Waals surface area (Å²) >= 11 is 0. The molecule has 0 aromatic heterocycles. The van der Waals surface area contributed by atoms with E-state index in [9.17, 15) is 8.42 Å². The summed E-state index contributed by atoms with van der Waals surface area (Å²) in [5.74, 6) is 0.654. The van der Waals surface area contributed by atoms with Crippen molar-refractivity contribution in [2.45, 2.75) is 32.1 Å². The highest BCUT2D eigenvalue weighted by Gasteiger charge is 2.21. The van der Waals surface area contributed by atoms with E-state index < -0.39 is 15.4 Å². The van der Waals surface area contributed by atoms with Crippen molar-refractivity contribution in [2.24, 2.45) is 5.41 Å². The topological polar surface area (TPSA) is 75.6 Å². The van der Waals surface area contributed by atoms with Crippen molar-refractivity contribution in [3.05, 3.63) is 24.3 Å². The highest BCUT2D eigenvalue weighted by atomic mass is 32.2. The molecule has 20 heavy (non-hydrogen) atoms. The number of aliphatic hydroxyl groups is 1. The van der Waals surface area contributed by atoms with Crippen LogP contribution in [0, 0.1) is 5.41 Å². The summed E-state index contributed by atoms with van der Waals surface area (Å²) in [6.45, 7) is 6.29. The standard InChI is InChI=1S/C14H23NO4S/c1-4-9-19-12-5-7-13(8-6-12)20(17,18)15-10-14(2,3)11-16/h5-8,15-16H,4,9-11H2,1-3H3. The largest absolute Gasteiger partial charge is 0.494 e. The van der Waals surface area contributed by atoms with Crippen molar-refractivity contribution in [1.29, 1.82) is 0 Å². The molecule has 0 heterocycles. The third kappa shape index (κ3) is 5.11. The van der Waals surface area contributed by atoms with E-state index in [4.69, 9.17) is 9.84 Å². The van der Waals surface area contributed by atoms with Gasteiger partial charge < -0.3 is 9.84 Å². The Hall–Kier alpha value is -1.11. The molecule has 0 unspecified atom stereocenters. The number of benzene rings is 1. The fraction of sp³-hybridized carbons (Fsp3) is 0.571. The van der Waals surface area contributed by atoms with E-state index in [1.807, 2.05) is 6.92 Å². The van der Waals surface area contributed by atoms with Gasteiger partial charge in [0.2, 0.25) is 10.0 Å². The van der Waals surface area contributed by atoms with Gasteiger partial charge in [0, 0.05) is 18.6 Å². The second kappa shape index (κ2) is 7.06. The zero-order chi connectivity index (χ0) is 15.2. The summed E-state index contributed by atoms with van der Waals surface area (Å²) in [5, 5.41) is 9.13. The number of hydrogen-bond acceptors (Lipinski definition) is 4. The predicted molar refractivity (Wildman–Crippen MR) is 78.3 cm³/mol. The minimum atomic E-state index is -3.56. The summed E-state index contributed by atoms with van der Waals surface area (Å²) in [4.78, 5) is 0.190. The van der Waals surface area contributed by atoms with E-state index in [0.717, 1.165) is 6.42 Å². The zero-order valence-corrected chi connectivity index (χ0v) is 13.0. The van der Waals surface area contributed by atoms with Gasteiger partial charge in [-0.1, -0.05) is 20.8 Å². The third-order valence-electron chi connectivity index (χ3n) is 2.78. The molecule has 1 aromatic carbocycles. The van der Waals surface area contributed by atoms with E-state index in [2.05, 4.69) is 4.72 Å². The highest BCUT2D eigenvalue weighted by molar-refractivity contribution is 7.89. The zero-order valence-electron chi connectivity index (χ0n) is 12.2. The van der Waals surface area contributed by atoms with Gasteiger partial charge in [0.15, 0.2) is 0 Å². The molecule has 6 heteroatoms. The predicted octanol–water partition coefficient (Wildman–Crippen LogP) is 1.77. The minimum absolute atomic E-state index is 0.0840. The van der Waals surface area contributed by atoms with Gasteiger partial charge in [-0.25, -0.2) is 13.1 Å². The lowest BCUT2D eigenvalue weighted by molar-refractivity contribution is 0.163. The SMILES string of the molecule is CCCOc1ccc(S(=O)(=O)NCC(C)(C)CO)cc1. The molecule has 114 valence electrons. The quantitative estimate of drug-likeness (QED) is 0.767. The lowest BCUT2D eigenvalue weighted by Gasteiger charge is -2.21. The van der Waals surface area contributed by atoms with Crippen LogP contribution in [0.4, 0.5) is 0 Å². The number of ether oxygens (including phenoxy) is 1. The monoisotopic (exact) mass is 301 g/mol. The minimum Gasteiger partial charge on any atom is -0.494 e. The normalized spacial score (nSPS) is 12.4. The Morgan fingerprint density at radius 1 is 1.25 bits per heavy atom. The van der Waals surface area contributed by atoms with Crippen LogP contribution in [0.5, 0.6) is 5.75 Å². The maximum Gasteiger partial charge on any atom is 0.240 e. The first-order chi connectivity index (χ1) is 9.30. The summed E-state index contributed by atoms with van der Waals surface area (Å²) < 4.78 is 32.1. The molecule has 0 saturated heterocycles. The number of nitrogens with one attached hydrogen (secondary N) is 1. The van der Waals surface area contributed by atoms with E-state index >= 15 is 0 Å². The summed E-state index contributed by atoms with van der Waals surface area (Å²) in [6, 6.07) is 6.31. The van der Waals surface area contributed by atoms with Crippen LogP contribution in [0.25, 0.3) is 0 Å². The van der Waals surface area contributed by atoms with Gasteiger partial charge >= 0.3 is 0 Å². The van der Waals surface area contributed by atoms with Crippen LogP contribution in [0.1, 0.15) is 27.2 Å². The molecule has 0 fully saturated rings. The fourth-order valence-electron chi connectivity index (χ4n) is 1.36. The van der Waals surface area contributed by atoms with Crippen molar-refractivity contribution < 1.29 is 18.3 Å². The Balaban J connectivity index is 2.73. The van der Waals surface area contributed by atoms with Crippen molar-refractivity contribution in [3.63, 3.8) is 0 Å². The molecule has 0 saturated carbocycles. The van der Waals surface area contributed by atoms with Crippen molar-refractivity contribution >= 4 is 10.0 Å². The van der Waals surface area contributed by atoms with Crippen LogP contribution >= 0.6 is 0 Å². The van der Waals surface area contributed by atoms with Crippen molar-refractivity contribution in [1.82, 2.24) is 4.72 Å². The van der Waals surface area contributed by atoms with Crippen LogP contribution < -0.4 is 9.46 Å². The number of rotatable bonds is 8. The maximum absolute atomic E-state index is 12.1. The molecule has 0 radical (unpaired) electrons. The molecule has 0 atom stereocenters. The molecule has 1 rings (SSSR count). The number of aliphatic hydroxyl groups excluding tert-OH is 1. The first kappa shape index (κ1) is 16.9. The van der Waals surface area contributed by atoms with Gasteiger partial charge in [0.1, 0.15) is 5.75 Å². The molecule has 1 aromatic rings. The lowest BCUT2D eigenvalue weighted by atomic mass is 9.96. The van der Waals surface area contributed by atoms with Gasteiger partial charge in [0.25, 0.3) is 0 Å². The Labute approximate surface area is 121 Å². The van der Waals surface area contributed by atoms with Gasteiger partial charge in [-0.05, 0) is 30.7 Å². The van der Waals surface area contributed by atoms with Gasteiger partial charge in [-0.15, -0.1) is 0 Å². The Morgan fingerprint density at radius 3 is 2.35 bits per heavy atom. The average molecular weight is 301 g/mol. The van der Waals surface area contributed by atoms with Gasteiger partial charge in [-0.3, -0.25) is 0 Å². The maximum atomic E-state index is 12.1. The van der Waals surface area contributed by atoms with Crippen LogP contribution in [0.3, 0.4) is 0 Å².